The summed E-state index contributed by atoms with van der Waals surface area (Å²) < 4.78 is 0. The molecule has 1 saturated heterocycles. The SMILES string of the molecule is Cc1ccc(C(=O)NCC(=O)N2CCC(C(=O)Nc3ccccc3)CC2)cc1C. The van der Waals surface area contributed by atoms with E-state index in [2.05, 4.69) is 10.6 Å². The van der Waals surface area contributed by atoms with Crippen molar-refractivity contribution in [3.8, 4) is 0 Å². The third-order valence-electron chi connectivity index (χ3n) is 5.43. The van der Waals surface area contributed by atoms with Gasteiger partial charge in [0.05, 0.1) is 6.54 Å². The smallest absolute Gasteiger partial charge is 0.251 e. The zero-order chi connectivity index (χ0) is 20.8. The van der Waals surface area contributed by atoms with Gasteiger partial charge in [-0.15, -0.1) is 0 Å². The minimum atomic E-state index is -0.251. The lowest BCUT2D eigenvalue weighted by molar-refractivity contribution is -0.133. The largest absolute Gasteiger partial charge is 0.343 e. The summed E-state index contributed by atoms with van der Waals surface area (Å²) in [4.78, 5) is 38.8. The van der Waals surface area contributed by atoms with Crippen LogP contribution in [0.2, 0.25) is 0 Å². The van der Waals surface area contributed by atoms with Crippen LogP contribution in [0.15, 0.2) is 48.5 Å². The van der Waals surface area contributed by atoms with E-state index in [0.717, 1.165) is 16.8 Å². The maximum absolute atomic E-state index is 12.4. The molecule has 0 bridgehead atoms. The van der Waals surface area contributed by atoms with Crippen LogP contribution in [0.1, 0.15) is 34.3 Å². The van der Waals surface area contributed by atoms with Crippen LogP contribution in [0.3, 0.4) is 0 Å². The molecule has 1 fully saturated rings. The molecule has 0 unspecified atom stereocenters. The lowest BCUT2D eigenvalue weighted by Gasteiger charge is -2.31. The van der Waals surface area contributed by atoms with Gasteiger partial charge < -0.3 is 15.5 Å². The molecule has 2 aromatic carbocycles. The Morgan fingerprint density at radius 1 is 0.966 bits per heavy atom. The lowest BCUT2D eigenvalue weighted by Crippen LogP contribution is -2.45. The predicted molar refractivity (Wildman–Crippen MR) is 113 cm³/mol. The monoisotopic (exact) mass is 393 g/mol. The highest BCUT2D eigenvalue weighted by Gasteiger charge is 2.27. The second-order valence-corrected chi connectivity index (χ2v) is 7.49. The van der Waals surface area contributed by atoms with Gasteiger partial charge in [0.1, 0.15) is 0 Å². The first-order valence-corrected chi connectivity index (χ1v) is 9.93. The highest BCUT2D eigenvalue weighted by atomic mass is 16.2. The number of carbonyl (C=O) groups is 3. The van der Waals surface area contributed by atoms with Gasteiger partial charge in [-0.05, 0) is 62.1 Å². The molecule has 152 valence electrons. The van der Waals surface area contributed by atoms with Crippen molar-refractivity contribution in [2.45, 2.75) is 26.7 Å². The molecule has 0 atom stereocenters. The molecule has 6 nitrogen and oxygen atoms in total. The van der Waals surface area contributed by atoms with Gasteiger partial charge in [0.25, 0.3) is 5.91 Å². The average Bonchev–Trinajstić information content (AvgIpc) is 2.74. The Morgan fingerprint density at radius 2 is 1.66 bits per heavy atom. The number of rotatable bonds is 5. The Hall–Kier alpha value is -3.15. The molecular weight excluding hydrogens is 366 g/mol. The number of aryl methyl sites for hydroxylation is 2. The van der Waals surface area contributed by atoms with Crippen molar-refractivity contribution in [3.63, 3.8) is 0 Å². The summed E-state index contributed by atoms with van der Waals surface area (Å²) >= 11 is 0. The van der Waals surface area contributed by atoms with Crippen molar-refractivity contribution in [3.05, 3.63) is 65.2 Å². The number of likely N-dealkylation sites (tertiary alicyclic amines) is 1. The Balaban J connectivity index is 1.44. The standard InChI is InChI=1S/C23H27N3O3/c1-16-8-9-19(14-17(16)2)22(28)24-15-21(27)26-12-10-18(11-13-26)23(29)25-20-6-4-3-5-7-20/h3-9,14,18H,10-13,15H2,1-2H3,(H,24,28)(H,25,29). The fourth-order valence-electron chi connectivity index (χ4n) is 3.41. The summed E-state index contributed by atoms with van der Waals surface area (Å²) in [5.74, 6) is -0.488. The molecule has 0 aromatic heterocycles. The number of amides is 3. The molecule has 0 radical (unpaired) electrons. The van der Waals surface area contributed by atoms with Crippen LogP contribution in [0.5, 0.6) is 0 Å². The third kappa shape index (κ3) is 5.44. The summed E-state index contributed by atoms with van der Waals surface area (Å²) in [6.07, 6.45) is 1.24. The summed E-state index contributed by atoms with van der Waals surface area (Å²) in [5.41, 5.74) is 3.50. The summed E-state index contributed by atoms with van der Waals surface area (Å²) in [7, 11) is 0. The van der Waals surface area contributed by atoms with Crippen LogP contribution in [0, 0.1) is 19.8 Å². The topological polar surface area (TPSA) is 78.5 Å². The van der Waals surface area contributed by atoms with Gasteiger partial charge in [-0.25, -0.2) is 0 Å². The van der Waals surface area contributed by atoms with E-state index in [4.69, 9.17) is 0 Å². The van der Waals surface area contributed by atoms with Crippen molar-refractivity contribution >= 4 is 23.4 Å². The van der Waals surface area contributed by atoms with E-state index in [9.17, 15) is 14.4 Å². The van der Waals surface area contributed by atoms with E-state index < -0.39 is 0 Å². The first-order chi connectivity index (χ1) is 13.9. The van der Waals surface area contributed by atoms with Crippen LogP contribution in [0.4, 0.5) is 5.69 Å². The van der Waals surface area contributed by atoms with Crippen LogP contribution in [-0.2, 0) is 9.59 Å². The molecule has 1 aliphatic heterocycles. The van der Waals surface area contributed by atoms with E-state index in [-0.39, 0.29) is 30.2 Å². The van der Waals surface area contributed by atoms with E-state index in [1.165, 1.54) is 0 Å². The number of hydrogen-bond donors (Lipinski definition) is 2. The first-order valence-electron chi connectivity index (χ1n) is 9.93. The van der Waals surface area contributed by atoms with Gasteiger partial charge in [0.2, 0.25) is 11.8 Å². The Labute approximate surface area is 171 Å². The Morgan fingerprint density at radius 3 is 2.31 bits per heavy atom. The number of para-hydroxylation sites is 1. The number of hydrogen-bond acceptors (Lipinski definition) is 3. The van der Waals surface area contributed by atoms with E-state index >= 15 is 0 Å². The molecule has 29 heavy (non-hydrogen) atoms. The number of nitrogens with one attached hydrogen (secondary N) is 2. The van der Waals surface area contributed by atoms with Gasteiger partial charge in [-0.3, -0.25) is 14.4 Å². The number of piperidine rings is 1. The molecule has 1 heterocycles. The number of benzene rings is 2. The third-order valence-corrected chi connectivity index (χ3v) is 5.43. The summed E-state index contributed by atoms with van der Waals surface area (Å²) in [6.45, 7) is 4.95. The summed E-state index contributed by atoms with van der Waals surface area (Å²) in [6, 6.07) is 14.9. The first kappa shape index (κ1) is 20.6. The van der Waals surface area contributed by atoms with Gasteiger partial charge >= 0.3 is 0 Å². The molecule has 3 amide bonds. The highest BCUT2D eigenvalue weighted by Crippen LogP contribution is 2.19. The quantitative estimate of drug-likeness (QED) is 0.820. The van der Waals surface area contributed by atoms with Crippen molar-refractivity contribution in [1.29, 1.82) is 0 Å². The minimum Gasteiger partial charge on any atom is -0.343 e. The molecule has 2 N–H and O–H groups in total. The van der Waals surface area contributed by atoms with E-state index in [1.54, 1.807) is 11.0 Å². The van der Waals surface area contributed by atoms with E-state index in [1.807, 2.05) is 56.3 Å². The molecule has 1 aliphatic rings. The molecule has 0 spiro atoms. The van der Waals surface area contributed by atoms with Gasteiger partial charge in [-0.2, -0.15) is 0 Å². The second kappa shape index (κ2) is 9.37. The lowest BCUT2D eigenvalue weighted by atomic mass is 9.95. The number of nitrogens with zero attached hydrogens (tertiary/aromatic N) is 1. The molecular formula is C23H27N3O3. The maximum Gasteiger partial charge on any atom is 0.251 e. The minimum absolute atomic E-state index is 0.00802. The normalized spacial score (nSPS) is 14.3. The summed E-state index contributed by atoms with van der Waals surface area (Å²) in [5, 5.41) is 5.62. The van der Waals surface area contributed by atoms with Crippen LogP contribution >= 0.6 is 0 Å². The fourth-order valence-corrected chi connectivity index (χ4v) is 3.41. The highest BCUT2D eigenvalue weighted by molar-refractivity contribution is 5.97. The van der Waals surface area contributed by atoms with Gasteiger partial charge in [0.15, 0.2) is 0 Å². The van der Waals surface area contributed by atoms with Crippen molar-refractivity contribution in [2.24, 2.45) is 5.92 Å². The second-order valence-electron chi connectivity index (χ2n) is 7.49. The predicted octanol–water partition coefficient (Wildman–Crippen LogP) is 2.91. The van der Waals surface area contributed by atoms with Crippen molar-refractivity contribution < 1.29 is 14.4 Å². The van der Waals surface area contributed by atoms with Crippen LogP contribution < -0.4 is 10.6 Å². The molecule has 6 heteroatoms. The van der Waals surface area contributed by atoms with Crippen molar-refractivity contribution in [2.75, 3.05) is 25.0 Å². The van der Waals surface area contributed by atoms with E-state index in [0.29, 0.717) is 31.5 Å². The maximum atomic E-state index is 12.4. The number of anilines is 1. The average molecular weight is 393 g/mol. The fraction of sp³-hybridized carbons (Fsp3) is 0.348. The van der Waals surface area contributed by atoms with Gasteiger partial charge in [-0.1, -0.05) is 24.3 Å². The zero-order valence-electron chi connectivity index (χ0n) is 16.9. The molecule has 3 rings (SSSR count). The Kier molecular flexibility index (Phi) is 6.65. The molecule has 0 saturated carbocycles. The Bertz CT molecular complexity index is 887. The van der Waals surface area contributed by atoms with Crippen LogP contribution in [-0.4, -0.2) is 42.3 Å². The molecule has 0 aliphatic carbocycles. The van der Waals surface area contributed by atoms with Crippen molar-refractivity contribution in [1.82, 2.24) is 10.2 Å². The van der Waals surface area contributed by atoms with Crippen LogP contribution in [0.25, 0.3) is 0 Å². The van der Waals surface area contributed by atoms with Gasteiger partial charge in [0, 0.05) is 30.3 Å². The number of carbonyl (C=O) groups excluding carboxylic acids is 3. The molecule has 2 aromatic rings. The zero-order valence-corrected chi connectivity index (χ0v) is 16.9.